The van der Waals surface area contributed by atoms with Crippen LogP contribution in [0.1, 0.15) is 12.8 Å². The molecule has 0 aliphatic carbocycles. The van der Waals surface area contributed by atoms with Crippen molar-refractivity contribution in [2.45, 2.75) is 24.9 Å². The number of rotatable bonds is 0. The van der Waals surface area contributed by atoms with Crippen LogP contribution in [0.3, 0.4) is 0 Å². The number of thioether (sulfide) groups is 1. The van der Waals surface area contributed by atoms with Crippen LogP contribution in [0.5, 0.6) is 0 Å². The van der Waals surface area contributed by atoms with Gasteiger partial charge in [0.05, 0.1) is 12.0 Å². The summed E-state index contributed by atoms with van der Waals surface area (Å²) >= 11 is 1.89. The Morgan fingerprint density at radius 3 is 3.43 bits per heavy atom. The maximum Gasteiger partial charge on any atom is 0.314 e. The summed E-state index contributed by atoms with van der Waals surface area (Å²) in [4.78, 5) is 12.7. The molecule has 2 fully saturated rings. The van der Waals surface area contributed by atoms with Crippen molar-refractivity contribution in [2.24, 2.45) is 5.92 Å². The summed E-state index contributed by atoms with van der Waals surface area (Å²) in [6.07, 6.45) is 4.60. The van der Waals surface area contributed by atoms with Gasteiger partial charge in [0, 0.05) is 6.04 Å². The van der Waals surface area contributed by atoms with E-state index in [1.807, 2.05) is 11.8 Å². The van der Waals surface area contributed by atoms with Crippen LogP contribution in [0.4, 0.5) is 0 Å². The van der Waals surface area contributed by atoms with Crippen molar-refractivity contribution >= 4 is 17.7 Å². The van der Waals surface area contributed by atoms with Gasteiger partial charge in [0.15, 0.2) is 0 Å². The first-order valence-corrected chi connectivity index (χ1v) is 6.10. The van der Waals surface area contributed by atoms with Gasteiger partial charge in [-0.3, -0.25) is 4.79 Å². The Morgan fingerprint density at radius 1 is 1.57 bits per heavy atom. The standard InChI is InChI=1S/C10H13NO2S/c12-10-6-4-9-7(2-1-3-14-9)11-8(6)5-13-10/h4,6-8,11H,1-3,5H2. The minimum Gasteiger partial charge on any atom is -0.463 e. The molecule has 3 atom stereocenters. The lowest BCUT2D eigenvalue weighted by molar-refractivity contribution is -0.140. The van der Waals surface area contributed by atoms with E-state index in [0.29, 0.717) is 12.6 Å². The molecule has 76 valence electrons. The van der Waals surface area contributed by atoms with Gasteiger partial charge in [0.2, 0.25) is 0 Å². The Labute approximate surface area is 87.3 Å². The van der Waals surface area contributed by atoms with E-state index in [-0.39, 0.29) is 17.9 Å². The molecule has 3 aliphatic heterocycles. The minimum atomic E-state index is -0.0559. The lowest BCUT2D eigenvalue weighted by Crippen LogP contribution is -2.47. The molecule has 0 spiro atoms. The number of carbonyl (C=O) groups excluding carboxylic acids is 1. The predicted octanol–water partition coefficient (Wildman–Crippen LogP) is 0.911. The Bertz CT molecular complexity index is 302. The van der Waals surface area contributed by atoms with E-state index < -0.39 is 0 Å². The number of hydrogen-bond acceptors (Lipinski definition) is 4. The van der Waals surface area contributed by atoms with Gasteiger partial charge in [-0.05, 0) is 23.5 Å². The van der Waals surface area contributed by atoms with Crippen molar-refractivity contribution in [3.05, 3.63) is 11.0 Å². The number of ether oxygens (including phenoxy) is 1. The van der Waals surface area contributed by atoms with Crippen molar-refractivity contribution < 1.29 is 9.53 Å². The van der Waals surface area contributed by atoms with Gasteiger partial charge in [-0.1, -0.05) is 6.08 Å². The largest absolute Gasteiger partial charge is 0.463 e. The van der Waals surface area contributed by atoms with Crippen LogP contribution in [0.15, 0.2) is 11.0 Å². The Kier molecular flexibility index (Phi) is 2.06. The first kappa shape index (κ1) is 8.80. The number of esters is 1. The number of fused-ring (bicyclic) bond motifs is 2. The van der Waals surface area contributed by atoms with Crippen LogP contribution in [0.25, 0.3) is 0 Å². The zero-order valence-electron chi connectivity index (χ0n) is 7.86. The third-order valence-electron chi connectivity index (χ3n) is 3.12. The zero-order valence-corrected chi connectivity index (χ0v) is 8.68. The van der Waals surface area contributed by atoms with Gasteiger partial charge in [0.1, 0.15) is 6.61 Å². The molecule has 0 aromatic carbocycles. The summed E-state index contributed by atoms with van der Waals surface area (Å²) in [5.41, 5.74) is 0. The van der Waals surface area contributed by atoms with Gasteiger partial charge in [-0.15, -0.1) is 11.8 Å². The van der Waals surface area contributed by atoms with E-state index in [1.165, 1.54) is 23.5 Å². The van der Waals surface area contributed by atoms with Gasteiger partial charge in [0.25, 0.3) is 0 Å². The summed E-state index contributed by atoms with van der Waals surface area (Å²) in [6.45, 7) is 0.550. The van der Waals surface area contributed by atoms with Gasteiger partial charge in [-0.25, -0.2) is 0 Å². The topological polar surface area (TPSA) is 38.3 Å². The Morgan fingerprint density at radius 2 is 2.50 bits per heavy atom. The molecule has 0 bridgehead atoms. The average Bonchev–Trinajstić information content (AvgIpc) is 2.57. The molecular weight excluding hydrogens is 198 g/mol. The van der Waals surface area contributed by atoms with Crippen molar-refractivity contribution in [2.75, 3.05) is 12.4 Å². The van der Waals surface area contributed by atoms with E-state index in [1.54, 1.807) is 0 Å². The smallest absolute Gasteiger partial charge is 0.314 e. The van der Waals surface area contributed by atoms with Crippen LogP contribution < -0.4 is 5.32 Å². The summed E-state index contributed by atoms with van der Waals surface area (Å²) in [6, 6.07) is 0.722. The molecule has 3 heterocycles. The highest BCUT2D eigenvalue weighted by molar-refractivity contribution is 8.03. The highest BCUT2D eigenvalue weighted by atomic mass is 32.2. The van der Waals surface area contributed by atoms with Crippen LogP contribution >= 0.6 is 11.8 Å². The molecule has 4 heteroatoms. The SMILES string of the molecule is O=C1OCC2NC3CCCSC3=CC12. The van der Waals surface area contributed by atoms with E-state index >= 15 is 0 Å². The van der Waals surface area contributed by atoms with Gasteiger partial charge >= 0.3 is 5.97 Å². The molecule has 0 saturated carbocycles. The van der Waals surface area contributed by atoms with Crippen LogP contribution in [0.2, 0.25) is 0 Å². The molecule has 3 aliphatic rings. The lowest BCUT2D eigenvalue weighted by Gasteiger charge is -2.33. The third kappa shape index (κ3) is 1.28. The second kappa shape index (κ2) is 3.28. The summed E-state index contributed by atoms with van der Waals surface area (Å²) in [5, 5.41) is 3.51. The molecule has 2 saturated heterocycles. The molecule has 0 aromatic rings. The summed E-state index contributed by atoms with van der Waals surface area (Å²) in [7, 11) is 0. The highest BCUT2D eigenvalue weighted by Gasteiger charge is 2.41. The molecule has 3 unspecified atom stereocenters. The number of carbonyl (C=O) groups is 1. The highest BCUT2D eigenvalue weighted by Crippen LogP contribution is 2.36. The average molecular weight is 211 g/mol. The number of cyclic esters (lactones) is 1. The monoisotopic (exact) mass is 211 g/mol. The fourth-order valence-electron chi connectivity index (χ4n) is 2.36. The number of nitrogens with one attached hydrogen (secondary N) is 1. The summed E-state index contributed by atoms with van der Waals surface area (Å²) in [5.74, 6) is 1.11. The molecule has 0 amide bonds. The van der Waals surface area contributed by atoms with Gasteiger partial charge in [-0.2, -0.15) is 0 Å². The van der Waals surface area contributed by atoms with E-state index in [2.05, 4.69) is 11.4 Å². The molecule has 1 N–H and O–H groups in total. The molecule has 0 aromatic heterocycles. The van der Waals surface area contributed by atoms with Crippen molar-refractivity contribution in [1.29, 1.82) is 0 Å². The molecule has 14 heavy (non-hydrogen) atoms. The summed E-state index contributed by atoms with van der Waals surface area (Å²) < 4.78 is 5.05. The predicted molar refractivity (Wildman–Crippen MR) is 54.9 cm³/mol. The first-order valence-electron chi connectivity index (χ1n) is 5.12. The fourth-order valence-corrected chi connectivity index (χ4v) is 3.53. The maximum atomic E-state index is 11.4. The normalized spacial score (nSPS) is 41.0. The Balaban J connectivity index is 1.88. The quantitative estimate of drug-likeness (QED) is 0.604. The van der Waals surface area contributed by atoms with Crippen LogP contribution in [-0.2, 0) is 9.53 Å². The second-order valence-corrected chi connectivity index (χ2v) is 5.21. The molecular formula is C10H13NO2S. The van der Waals surface area contributed by atoms with Crippen LogP contribution in [-0.4, -0.2) is 30.4 Å². The maximum absolute atomic E-state index is 11.4. The zero-order chi connectivity index (χ0) is 9.54. The Hall–Kier alpha value is -0.480. The first-order chi connectivity index (χ1) is 6.84. The van der Waals surface area contributed by atoms with Crippen molar-refractivity contribution in [3.8, 4) is 0 Å². The van der Waals surface area contributed by atoms with Crippen molar-refractivity contribution in [1.82, 2.24) is 5.32 Å². The van der Waals surface area contributed by atoms with Gasteiger partial charge < -0.3 is 10.1 Å². The van der Waals surface area contributed by atoms with Crippen molar-refractivity contribution in [3.63, 3.8) is 0 Å². The van der Waals surface area contributed by atoms with E-state index in [9.17, 15) is 4.79 Å². The number of hydrogen-bond donors (Lipinski definition) is 1. The third-order valence-corrected chi connectivity index (χ3v) is 4.37. The minimum absolute atomic E-state index is 0.0214. The lowest BCUT2D eigenvalue weighted by atomic mass is 9.94. The molecule has 3 rings (SSSR count). The molecule has 0 radical (unpaired) electrons. The second-order valence-electron chi connectivity index (χ2n) is 4.04. The molecule has 3 nitrogen and oxygen atoms in total. The van der Waals surface area contributed by atoms with E-state index in [4.69, 9.17) is 4.74 Å². The van der Waals surface area contributed by atoms with Crippen LogP contribution in [0, 0.1) is 5.92 Å². The fraction of sp³-hybridized carbons (Fsp3) is 0.700. The van der Waals surface area contributed by atoms with E-state index in [0.717, 1.165) is 0 Å².